The van der Waals surface area contributed by atoms with Crippen LogP contribution in [0.25, 0.3) is 0 Å². The van der Waals surface area contributed by atoms with Crippen molar-refractivity contribution >= 4 is 11.6 Å². The van der Waals surface area contributed by atoms with E-state index in [1.165, 1.54) is 5.56 Å². The van der Waals surface area contributed by atoms with Gasteiger partial charge in [0.15, 0.2) is 0 Å². The minimum absolute atomic E-state index is 0.0124. The summed E-state index contributed by atoms with van der Waals surface area (Å²) in [4.78, 5) is 11.8. The van der Waals surface area contributed by atoms with Crippen LogP contribution in [0.1, 0.15) is 43.9 Å². The summed E-state index contributed by atoms with van der Waals surface area (Å²) in [5, 5.41) is 5.98. The number of carbonyl (C=O) groups excluding carboxylic acids is 1. The molecule has 1 aliphatic rings. The van der Waals surface area contributed by atoms with Gasteiger partial charge in [-0.3, -0.25) is 4.79 Å². The summed E-state index contributed by atoms with van der Waals surface area (Å²) < 4.78 is 0. The number of amides is 1. The van der Waals surface area contributed by atoms with Crippen LogP contribution in [0.3, 0.4) is 0 Å². The van der Waals surface area contributed by atoms with Gasteiger partial charge in [-0.1, -0.05) is 29.8 Å². The van der Waals surface area contributed by atoms with Gasteiger partial charge in [-0.25, -0.2) is 5.01 Å². The zero-order chi connectivity index (χ0) is 12.4. The highest BCUT2D eigenvalue weighted by Gasteiger charge is 2.24. The standard InChI is InChI=1S/C14H18N2O/c1-10-4-7-13(8-5-10)12(3)16-14(17)9-6-11(2)15-16/h4-5,7-8,12H,6,9H2,1-3H3/t12-/m0/s1. The number of hydrazone groups is 1. The van der Waals surface area contributed by atoms with Crippen molar-refractivity contribution in [1.29, 1.82) is 0 Å². The van der Waals surface area contributed by atoms with Crippen molar-refractivity contribution in [3.8, 4) is 0 Å². The van der Waals surface area contributed by atoms with Gasteiger partial charge in [0.05, 0.1) is 6.04 Å². The molecule has 1 aromatic rings. The quantitative estimate of drug-likeness (QED) is 0.768. The average molecular weight is 230 g/mol. The Bertz CT molecular complexity index is 448. The molecule has 0 aromatic heterocycles. The molecule has 0 aliphatic carbocycles. The number of hydrogen-bond donors (Lipinski definition) is 0. The van der Waals surface area contributed by atoms with E-state index >= 15 is 0 Å². The highest BCUT2D eigenvalue weighted by atomic mass is 16.2. The van der Waals surface area contributed by atoms with Crippen LogP contribution in [0.4, 0.5) is 0 Å². The third-order valence-corrected chi connectivity index (χ3v) is 3.16. The fourth-order valence-electron chi connectivity index (χ4n) is 1.98. The summed E-state index contributed by atoms with van der Waals surface area (Å²) >= 11 is 0. The maximum absolute atomic E-state index is 11.8. The maximum atomic E-state index is 11.8. The first-order valence-corrected chi connectivity index (χ1v) is 6.00. The SMILES string of the molecule is CC1=NN([C@@H](C)c2ccc(C)cc2)C(=O)CC1. The summed E-state index contributed by atoms with van der Waals surface area (Å²) in [6.07, 6.45) is 1.36. The molecule has 0 fully saturated rings. The largest absolute Gasteiger partial charge is 0.273 e. The molecule has 0 spiro atoms. The molecule has 1 atom stereocenters. The van der Waals surface area contributed by atoms with Crippen molar-refractivity contribution in [2.45, 2.75) is 39.7 Å². The van der Waals surface area contributed by atoms with Crippen LogP contribution in [0, 0.1) is 6.92 Å². The molecule has 1 aliphatic heterocycles. The normalized spacial score (nSPS) is 17.9. The van der Waals surface area contributed by atoms with Crippen LogP contribution in [-0.4, -0.2) is 16.6 Å². The first-order valence-electron chi connectivity index (χ1n) is 6.00. The number of nitrogens with zero attached hydrogens (tertiary/aromatic N) is 2. The molecule has 0 saturated carbocycles. The van der Waals surface area contributed by atoms with E-state index in [0.29, 0.717) is 6.42 Å². The van der Waals surface area contributed by atoms with Crippen molar-refractivity contribution in [2.75, 3.05) is 0 Å². The third kappa shape index (κ3) is 2.54. The Hall–Kier alpha value is -1.64. The van der Waals surface area contributed by atoms with Crippen molar-refractivity contribution < 1.29 is 4.79 Å². The topological polar surface area (TPSA) is 32.7 Å². The van der Waals surface area contributed by atoms with Gasteiger partial charge in [0.1, 0.15) is 0 Å². The second-order valence-electron chi connectivity index (χ2n) is 4.66. The van der Waals surface area contributed by atoms with Crippen LogP contribution < -0.4 is 0 Å². The van der Waals surface area contributed by atoms with Gasteiger partial charge in [0.25, 0.3) is 0 Å². The summed E-state index contributed by atoms with van der Waals surface area (Å²) in [5.41, 5.74) is 3.39. The number of aryl methyl sites for hydroxylation is 1. The fourth-order valence-corrected chi connectivity index (χ4v) is 1.98. The van der Waals surface area contributed by atoms with Crippen molar-refractivity contribution in [3.05, 3.63) is 35.4 Å². The molecule has 0 radical (unpaired) electrons. The Labute approximate surface area is 102 Å². The van der Waals surface area contributed by atoms with Gasteiger partial charge in [-0.2, -0.15) is 5.10 Å². The molecule has 3 heteroatoms. The van der Waals surface area contributed by atoms with Gasteiger partial charge >= 0.3 is 0 Å². The lowest BCUT2D eigenvalue weighted by Crippen LogP contribution is -2.33. The van der Waals surface area contributed by atoms with Crippen LogP contribution in [-0.2, 0) is 4.79 Å². The predicted molar refractivity (Wildman–Crippen MR) is 68.8 cm³/mol. The van der Waals surface area contributed by atoms with Gasteiger partial charge in [-0.15, -0.1) is 0 Å². The monoisotopic (exact) mass is 230 g/mol. The molecule has 0 saturated heterocycles. The molecular formula is C14H18N2O. The number of benzene rings is 1. The first kappa shape index (κ1) is 11.8. The summed E-state index contributed by atoms with van der Waals surface area (Å²) in [7, 11) is 0. The number of hydrogen-bond acceptors (Lipinski definition) is 2. The van der Waals surface area contributed by atoms with E-state index in [2.05, 4.69) is 36.3 Å². The van der Waals surface area contributed by atoms with Crippen LogP contribution in [0.15, 0.2) is 29.4 Å². The minimum Gasteiger partial charge on any atom is -0.273 e. The van der Waals surface area contributed by atoms with Gasteiger partial charge in [0, 0.05) is 12.1 Å². The average Bonchev–Trinajstić information content (AvgIpc) is 2.32. The van der Waals surface area contributed by atoms with Crippen LogP contribution in [0.2, 0.25) is 0 Å². The Balaban J connectivity index is 2.24. The number of carbonyl (C=O) groups is 1. The van der Waals surface area contributed by atoms with E-state index in [-0.39, 0.29) is 11.9 Å². The van der Waals surface area contributed by atoms with Crippen molar-refractivity contribution in [1.82, 2.24) is 5.01 Å². The second-order valence-corrected chi connectivity index (χ2v) is 4.66. The highest BCUT2D eigenvalue weighted by Crippen LogP contribution is 2.24. The first-order chi connectivity index (χ1) is 8.08. The lowest BCUT2D eigenvalue weighted by atomic mass is 10.0. The predicted octanol–water partition coefficient (Wildman–Crippen LogP) is 3.05. The number of rotatable bonds is 2. The van der Waals surface area contributed by atoms with E-state index in [4.69, 9.17) is 0 Å². The smallest absolute Gasteiger partial charge is 0.243 e. The molecule has 17 heavy (non-hydrogen) atoms. The van der Waals surface area contributed by atoms with Crippen LogP contribution >= 0.6 is 0 Å². The van der Waals surface area contributed by atoms with Gasteiger partial charge in [-0.05, 0) is 32.8 Å². The van der Waals surface area contributed by atoms with E-state index < -0.39 is 0 Å². The van der Waals surface area contributed by atoms with Gasteiger partial charge in [0.2, 0.25) is 5.91 Å². The maximum Gasteiger partial charge on any atom is 0.243 e. The molecule has 1 heterocycles. The molecule has 0 N–H and O–H groups in total. The Kier molecular flexibility index (Phi) is 3.27. The molecule has 1 amide bonds. The van der Waals surface area contributed by atoms with Crippen molar-refractivity contribution in [2.24, 2.45) is 5.10 Å². The molecule has 0 unspecified atom stereocenters. The van der Waals surface area contributed by atoms with Crippen molar-refractivity contribution in [3.63, 3.8) is 0 Å². The third-order valence-electron chi connectivity index (χ3n) is 3.16. The molecule has 0 bridgehead atoms. The lowest BCUT2D eigenvalue weighted by Gasteiger charge is -2.28. The molecule has 1 aromatic carbocycles. The Morgan fingerprint density at radius 2 is 1.82 bits per heavy atom. The Morgan fingerprint density at radius 1 is 1.18 bits per heavy atom. The fraction of sp³-hybridized carbons (Fsp3) is 0.429. The molecule has 2 rings (SSSR count). The lowest BCUT2D eigenvalue weighted by molar-refractivity contribution is -0.134. The summed E-state index contributed by atoms with van der Waals surface area (Å²) in [6, 6.07) is 8.27. The molecule has 90 valence electrons. The molecule has 3 nitrogen and oxygen atoms in total. The van der Waals surface area contributed by atoms with E-state index in [0.717, 1.165) is 17.7 Å². The zero-order valence-corrected chi connectivity index (χ0v) is 10.6. The highest BCUT2D eigenvalue weighted by molar-refractivity contribution is 5.91. The molecular weight excluding hydrogens is 212 g/mol. The van der Waals surface area contributed by atoms with Crippen LogP contribution in [0.5, 0.6) is 0 Å². The van der Waals surface area contributed by atoms with E-state index in [1.54, 1.807) is 5.01 Å². The Morgan fingerprint density at radius 3 is 2.47 bits per heavy atom. The minimum atomic E-state index is 0.0124. The van der Waals surface area contributed by atoms with Gasteiger partial charge < -0.3 is 0 Å². The van der Waals surface area contributed by atoms with E-state index in [1.807, 2.05) is 13.8 Å². The van der Waals surface area contributed by atoms with E-state index in [9.17, 15) is 4.79 Å². The summed E-state index contributed by atoms with van der Waals surface area (Å²) in [6.45, 7) is 6.05. The zero-order valence-electron chi connectivity index (χ0n) is 10.6. The second kappa shape index (κ2) is 4.70. The summed E-state index contributed by atoms with van der Waals surface area (Å²) in [5.74, 6) is 0.115.